The molecule has 3 aromatic carbocycles. The third-order valence-electron chi connectivity index (χ3n) is 4.32. The van der Waals surface area contributed by atoms with Gasteiger partial charge in [0.2, 0.25) is 0 Å². The van der Waals surface area contributed by atoms with Crippen LogP contribution < -0.4 is 15.1 Å². The van der Waals surface area contributed by atoms with Gasteiger partial charge in [0, 0.05) is 0 Å². The zero-order valence-corrected chi connectivity index (χ0v) is 22.9. The molecular formula is C23H28N2P2S2Se. The molecule has 0 bridgehead atoms. The fraction of sp³-hybridized carbons (Fsp3) is 0.217. The second kappa shape index (κ2) is 10.8. The Kier molecular flexibility index (Phi) is 8.64. The van der Waals surface area contributed by atoms with Crippen LogP contribution in [0.5, 0.6) is 0 Å². The average molecular weight is 538 g/mol. The summed E-state index contributed by atoms with van der Waals surface area (Å²) in [4.78, 5) is 2.23. The van der Waals surface area contributed by atoms with Gasteiger partial charge in [-0.05, 0) is 0 Å². The second-order valence-corrected chi connectivity index (χ2v) is 22.9. The van der Waals surface area contributed by atoms with E-state index in [9.17, 15) is 0 Å². The molecule has 0 amide bonds. The Morgan fingerprint density at radius 3 is 1.87 bits per heavy atom. The summed E-state index contributed by atoms with van der Waals surface area (Å²) in [6.45, 7) is 5.61. The van der Waals surface area contributed by atoms with E-state index >= 15 is 0 Å². The molecule has 0 heterocycles. The second-order valence-electron chi connectivity index (χ2n) is 7.63. The molecule has 0 saturated carbocycles. The molecule has 7 heteroatoms. The first-order chi connectivity index (χ1) is 14.3. The average Bonchev–Trinajstić information content (AvgIpc) is 2.74. The van der Waals surface area contributed by atoms with Gasteiger partial charge in [-0.2, -0.15) is 0 Å². The van der Waals surface area contributed by atoms with Gasteiger partial charge in [-0.3, -0.25) is 0 Å². The van der Waals surface area contributed by atoms with Crippen LogP contribution in [0.15, 0.2) is 89.4 Å². The summed E-state index contributed by atoms with van der Waals surface area (Å²) >= 11 is 6.66. The minimum atomic E-state index is -2.21. The summed E-state index contributed by atoms with van der Waals surface area (Å²) in [6.07, 6.45) is -3.83. The number of nitrogens with zero attached hydrogens (tertiary/aromatic N) is 2. The van der Waals surface area contributed by atoms with E-state index in [1.54, 1.807) is 0 Å². The molecule has 0 unspecified atom stereocenters. The molecule has 3 rings (SSSR count). The zero-order valence-electron chi connectivity index (χ0n) is 17.8. The van der Waals surface area contributed by atoms with Crippen LogP contribution in [-0.2, 0) is 18.4 Å². The molecule has 0 aromatic heterocycles. The monoisotopic (exact) mass is 538 g/mol. The van der Waals surface area contributed by atoms with Crippen LogP contribution in [0.25, 0.3) is 0 Å². The molecule has 0 radical (unpaired) electrons. The molecule has 0 atom stereocenters. The van der Waals surface area contributed by atoms with Crippen molar-refractivity contribution in [3.63, 3.8) is 0 Å². The number of hydrogen-bond acceptors (Lipinski definition) is 3. The van der Waals surface area contributed by atoms with E-state index in [4.69, 9.17) is 16.3 Å². The molecule has 0 saturated heterocycles. The van der Waals surface area contributed by atoms with Crippen molar-refractivity contribution < 1.29 is 0 Å². The predicted molar refractivity (Wildman–Crippen MR) is 144 cm³/mol. The normalized spacial score (nSPS) is 12.2. The molecule has 30 heavy (non-hydrogen) atoms. The molecule has 0 N–H and O–H groups in total. The summed E-state index contributed by atoms with van der Waals surface area (Å²) in [7, 11) is 6.29. The first-order valence-corrected chi connectivity index (χ1v) is 19.4. The molecule has 0 aliphatic heterocycles. The van der Waals surface area contributed by atoms with Crippen molar-refractivity contribution in [1.82, 2.24) is 4.90 Å². The van der Waals surface area contributed by atoms with E-state index in [1.165, 1.54) is 20.6 Å². The van der Waals surface area contributed by atoms with Gasteiger partial charge >= 0.3 is 197 Å². The van der Waals surface area contributed by atoms with Crippen LogP contribution in [-0.4, -0.2) is 46.2 Å². The zero-order chi connectivity index (χ0) is 21.6. The van der Waals surface area contributed by atoms with E-state index in [0.717, 1.165) is 6.54 Å². The van der Waals surface area contributed by atoms with Crippen molar-refractivity contribution in [2.45, 2.75) is 6.54 Å². The molecule has 0 fully saturated rings. The van der Waals surface area contributed by atoms with Gasteiger partial charge in [0.05, 0.1) is 0 Å². The van der Waals surface area contributed by atoms with Crippen LogP contribution in [0.1, 0.15) is 5.56 Å². The van der Waals surface area contributed by atoms with Crippen LogP contribution in [0.3, 0.4) is 0 Å². The van der Waals surface area contributed by atoms with E-state index < -0.39 is 12.4 Å². The number of hydrogen-bond donors (Lipinski definition) is 0. The summed E-state index contributed by atoms with van der Waals surface area (Å²) in [6, 6.07) is 29.8. The molecule has 0 spiro atoms. The molecule has 158 valence electrons. The van der Waals surface area contributed by atoms with Crippen molar-refractivity contribution in [1.29, 1.82) is 0 Å². The molecule has 0 aliphatic rings. The first-order valence-electron chi connectivity index (χ1n) is 9.69. The summed E-state index contributed by atoms with van der Waals surface area (Å²) < 4.78 is 6.95. The van der Waals surface area contributed by atoms with Gasteiger partial charge in [-0.1, -0.05) is 0 Å². The molecule has 2 nitrogen and oxygen atoms in total. The quantitative estimate of drug-likeness (QED) is 0.292. The van der Waals surface area contributed by atoms with E-state index in [-0.39, 0.29) is 0 Å². The third-order valence-corrected chi connectivity index (χ3v) is 23.8. The number of benzene rings is 3. The fourth-order valence-corrected chi connectivity index (χ4v) is 21.2. The van der Waals surface area contributed by atoms with E-state index in [1.807, 2.05) is 21.9 Å². The Balaban J connectivity index is 1.95. The molecule has 3 aromatic rings. The van der Waals surface area contributed by atoms with Gasteiger partial charge < -0.3 is 0 Å². The van der Waals surface area contributed by atoms with E-state index in [2.05, 4.69) is 105 Å². The Bertz CT molecular complexity index is 1020. The molecule has 0 aliphatic carbocycles. The SMILES string of the molecule is CN(C)Cc1ccccc1[Se]SP(C)(C)=NP(=S)(c1ccccc1)c1ccccc1. The molecular weight excluding hydrogens is 509 g/mol. The van der Waals surface area contributed by atoms with Crippen LogP contribution >= 0.6 is 22.2 Å². The fourth-order valence-electron chi connectivity index (χ4n) is 3.02. The van der Waals surface area contributed by atoms with Crippen molar-refractivity contribution in [2.75, 3.05) is 27.4 Å². The van der Waals surface area contributed by atoms with Crippen LogP contribution in [0.2, 0.25) is 0 Å². The van der Waals surface area contributed by atoms with Crippen molar-refractivity contribution in [3.8, 4) is 0 Å². The van der Waals surface area contributed by atoms with Gasteiger partial charge in [0.25, 0.3) is 0 Å². The number of rotatable bonds is 8. The summed E-state index contributed by atoms with van der Waals surface area (Å²) in [5, 5.41) is 2.36. The van der Waals surface area contributed by atoms with Gasteiger partial charge in [-0.25, -0.2) is 0 Å². The summed E-state index contributed by atoms with van der Waals surface area (Å²) in [5.41, 5.74) is 1.42. The Labute approximate surface area is 196 Å². The standard InChI is InChI=1S/C23H28N2P2S2Se/c1-25(2)19-20-13-11-12-18-23(20)30-29-26(3,4)24-27(28,21-14-7-5-8-15-21)22-16-9-6-10-17-22/h5-18H,19H2,1-4H3. The summed E-state index contributed by atoms with van der Waals surface area (Å²) in [5.74, 6) is 0. The van der Waals surface area contributed by atoms with Crippen molar-refractivity contribution in [2.24, 2.45) is 4.52 Å². The third kappa shape index (κ3) is 6.44. The van der Waals surface area contributed by atoms with E-state index in [0.29, 0.717) is 13.8 Å². The minimum absolute atomic E-state index is 0.306. The van der Waals surface area contributed by atoms with Gasteiger partial charge in [0.1, 0.15) is 0 Å². The van der Waals surface area contributed by atoms with Crippen LogP contribution in [0, 0.1) is 0 Å². The van der Waals surface area contributed by atoms with Crippen molar-refractivity contribution in [3.05, 3.63) is 90.5 Å². The first kappa shape index (κ1) is 24.0. The Morgan fingerprint density at radius 2 is 1.33 bits per heavy atom. The Morgan fingerprint density at radius 1 is 0.833 bits per heavy atom. The maximum absolute atomic E-state index is 6.36. The maximum atomic E-state index is 6.36. The van der Waals surface area contributed by atoms with Gasteiger partial charge in [-0.15, -0.1) is 0 Å². The van der Waals surface area contributed by atoms with Crippen LogP contribution in [0.4, 0.5) is 0 Å². The topological polar surface area (TPSA) is 15.6 Å². The Hall–Kier alpha value is -0.631. The predicted octanol–water partition coefficient (Wildman–Crippen LogP) is 5.15. The van der Waals surface area contributed by atoms with Gasteiger partial charge in [0.15, 0.2) is 0 Å². The van der Waals surface area contributed by atoms with Crippen molar-refractivity contribution >= 4 is 63.0 Å².